The number of halogens is 1. The fourth-order valence-electron chi connectivity index (χ4n) is 3.14. The van der Waals surface area contributed by atoms with Crippen LogP contribution in [0.5, 0.6) is 0 Å². The van der Waals surface area contributed by atoms with Gasteiger partial charge in [0.25, 0.3) is 5.91 Å². The Morgan fingerprint density at radius 2 is 1.87 bits per heavy atom. The van der Waals surface area contributed by atoms with E-state index in [9.17, 15) is 4.79 Å². The number of nitrogens with zero attached hydrogens (tertiary/aromatic N) is 1. The van der Waals surface area contributed by atoms with E-state index in [0.29, 0.717) is 16.3 Å². The van der Waals surface area contributed by atoms with Gasteiger partial charge in [-0.1, -0.05) is 47.5 Å². The molecule has 0 radical (unpaired) electrons. The second kappa shape index (κ2) is 8.52. The molecule has 0 fully saturated rings. The predicted octanol–water partition coefficient (Wildman–Crippen LogP) is 6.36. The van der Waals surface area contributed by atoms with Gasteiger partial charge in [0.1, 0.15) is 5.01 Å². The van der Waals surface area contributed by atoms with Gasteiger partial charge in [0, 0.05) is 11.1 Å². The van der Waals surface area contributed by atoms with Gasteiger partial charge in [-0.15, -0.1) is 11.3 Å². The molecule has 7 heteroatoms. The van der Waals surface area contributed by atoms with Gasteiger partial charge < -0.3 is 5.32 Å². The zero-order valence-electron chi connectivity index (χ0n) is 16.3. The van der Waals surface area contributed by atoms with E-state index in [4.69, 9.17) is 23.8 Å². The molecule has 30 heavy (non-hydrogen) atoms. The highest BCUT2D eigenvalue weighted by Gasteiger charge is 2.13. The maximum absolute atomic E-state index is 12.6. The van der Waals surface area contributed by atoms with E-state index in [1.54, 1.807) is 23.5 Å². The Kier molecular flexibility index (Phi) is 5.81. The maximum atomic E-state index is 12.6. The molecule has 4 rings (SSSR count). The number of rotatable bonds is 3. The van der Waals surface area contributed by atoms with Crippen molar-refractivity contribution in [1.29, 1.82) is 0 Å². The Balaban J connectivity index is 1.53. The van der Waals surface area contributed by atoms with Crippen LogP contribution >= 0.6 is 35.2 Å². The number of amides is 1. The molecule has 1 amide bonds. The van der Waals surface area contributed by atoms with Crippen LogP contribution in [-0.2, 0) is 0 Å². The Morgan fingerprint density at radius 1 is 1.07 bits per heavy atom. The van der Waals surface area contributed by atoms with E-state index >= 15 is 0 Å². The number of anilines is 1. The number of para-hydroxylation sites is 1. The van der Waals surface area contributed by atoms with E-state index in [1.807, 2.05) is 62.4 Å². The van der Waals surface area contributed by atoms with Crippen LogP contribution in [0.25, 0.3) is 20.8 Å². The standard InChI is InChI=1S/C23H18ClN3OS2/c1-13-7-9-16(14(2)11-13)21(28)27-23(29)26-19-12-15(8-10-17(19)24)22-25-18-5-3-4-6-20(18)30-22/h3-12H,1-2H3,(H2,26,27,28,29). The fourth-order valence-corrected chi connectivity index (χ4v) is 4.47. The van der Waals surface area contributed by atoms with Crippen molar-refractivity contribution < 1.29 is 4.79 Å². The van der Waals surface area contributed by atoms with E-state index in [1.165, 1.54) is 0 Å². The first-order valence-corrected chi connectivity index (χ1v) is 10.9. The summed E-state index contributed by atoms with van der Waals surface area (Å²) in [6.07, 6.45) is 0. The number of carbonyl (C=O) groups excluding carboxylic acids is 1. The highest BCUT2D eigenvalue weighted by atomic mass is 35.5. The lowest BCUT2D eigenvalue weighted by Gasteiger charge is -2.13. The summed E-state index contributed by atoms with van der Waals surface area (Å²) < 4.78 is 1.12. The first-order valence-electron chi connectivity index (χ1n) is 9.26. The van der Waals surface area contributed by atoms with E-state index in [0.717, 1.165) is 31.9 Å². The molecule has 0 bridgehead atoms. The fraction of sp³-hybridized carbons (Fsp3) is 0.0870. The molecule has 0 spiro atoms. The first-order chi connectivity index (χ1) is 14.4. The topological polar surface area (TPSA) is 54.0 Å². The number of nitrogens with one attached hydrogen (secondary N) is 2. The summed E-state index contributed by atoms with van der Waals surface area (Å²) in [7, 11) is 0. The van der Waals surface area contributed by atoms with Crippen LogP contribution in [-0.4, -0.2) is 16.0 Å². The number of aryl methyl sites for hydroxylation is 2. The van der Waals surface area contributed by atoms with Gasteiger partial charge in [0.2, 0.25) is 0 Å². The summed E-state index contributed by atoms with van der Waals surface area (Å²) in [6, 6.07) is 19.3. The molecule has 150 valence electrons. The second-order valence-electron chi connectivity index (χ2n) is 6.91. The zero-order valence-corrected chi connectivity index (χ0v) is 18.7. The average molecular weight is 452 g/mol. The summed E-state index contributed by atoms with van der Waals surface area (Å²) in [5.74, 6) is -0.261. The monoisotopic (exact) mass is 451 g/mol. The molecular weight excluding hydrogens is 434 g/mol. The third-order valence-corrected chi connectivity index (χ3v) is 6.23. The van der Waals surface area contributed by atoms with Crippen LogP contribution in [0.3, 0.4) is 0 Å². The van der Waals surface area contributed by atoms with Gasteiger partial charge in [-0.25, -0.2) is 4.98 Å². The van der Waals surface area contributed by atoms with Crippen molar-refractivity contribution in [3.8, 4) is 10.6 Å². The molecule has 1 heterocycles. The van der Waals surface area contributed by atoms with Gasteiger partial charge in [-0.3, -0.25) is 10.1 Å². The molecule has 0 saturated carbocycles. The molecule has 0 aliphatic carbocycles. The molecule has 4 aromatic rings. The van der Waals surface area contributed by atoms with Gasteiger partial charge in [-0.05, 0) is 62.0 Å². The van der Waals surface area contributed by atoms with E-state index in [2.05, 4.69) is 15.6 Å². The van der Waals surface area contributed by atoms with Crippen LogP contribution in [0.1, 0.15) is 21.5 Å². The lowest BCUT2D eigenvalue weighted by atomic mass is 10.1. The predicted molar refractivity (Wildman–Crippen MR) is 130 cm³/mol. The van der Waals surface area contributed by atoms with Crippen molar-refractivity contribution in [2.45, 2.75) is 13.8 Å². The molecule has 0 aliphatic rings. The normalized spacial score (nSPS) is 10.8. The summed E-state index contributed by atoms with van der Waals surface area (Å²) in [4.78, 5) is 17.3. The van der Waals surface area contributed by atoms with Crippen LogP contribution in [0, 0.1) is 13.8 Å². The molecule has 0 atom stereocenters. The van der Waals surface area contributed by atoms with E-state index in [-0.39, 0.29) is 11.0 Å². The minimum atomic E-state index is -0.261. The number of hydrogen-bond donors (Lipinski definition) is 2. The highest BCUT2D eigenvalue weighted by Crippen LogP contribution is 2.33. The van der Waals surface area contributed by atoms with Crippen molar-refractivity contribution >= 4 is 62.1 Å². The summed E-state index contributed by atoms with van der Waals surface area (Å²) in [6.45, 7) is 3.89. The SMILES string of the molecule is Cc1ccc(C(=O)NC(=S)Nc2cc(-c3nc4ccccc4s3)ccc2Cl)c(C)c1. The lowest BCUT2D eigenvalue weighted by Crippen LogP contribution is -2.34. The minimum Gasteiger partial charge on any atom is -0.331 e. The summed E-state index contributed by atoms with van der Waals surface area (Å²) >= 11 is 13.3. The summed E-state index contributed by atoms with van der Waals surface area (Å²) in [5, 5.41) is 7.33. The molecule has 0 aliphatic heterocycles. The molecular formula is C23H18ClN3OS2. The third kappa shape index (κ3) is 4.36. The van der Waals surface area contributed by atoms with Crippen molar-refractivity contribution in [3.63, 3.8) is 0 Å². The molecule has 1 aromatic heterocycles. The third-order valence-electron chi connectivity index (χ3n) is 4.61. The Labute approximate surface area is 188 Å². The van der Waals surface area contributed by atoms with Gasteiger partial charge in [-0.2, -0.15) is 0 Å². The van der Waals surface area contributed by atoms with Gasteiger partial charge in [0.15, 0.2) is 5.11 Å². The molecule has 0 unspecified atom stereocenters. The number of thiocarbonyl (C=S) groups is 1. The molecule has 2 N–H and O–H groups in total. The van der Waals surface area contributed by atoms with Crippen LogP contribution < -0.4 is 10.6 Å². The first kappa shape index (κ1) is 20.5. The second-order valence-corrected chi connectivity index (χ2v) is 8.75. The van der Waals surface area contributed by atoms with Gasteiger partial charge in [0.05, 0.1) is 20.9 Å². The number of aromatic nitrogens is 1. The maximum Gasteiger partial charge on any atom is 0.257 e. The number of hydrogen-bond acceptors (Lipinski definition) is 4. The zero-order chi connectivity index (χ0) is 21.3. The van der Waals surface area contributed by atoms with Crippen molar-refractivity contribution in [1.82, 2.24) is 10.3 Å². The smallest absolute Gasteiger partial charge is 0.257 e. The van der Waals surface area contributed by atoms with Crippen LogP contribution in [0.15, 0.2) is 60.7 Å². The Bertz CT molecular complexity index is 1250. The number of carbonyl (C=O) groups is 1. The number of benzene rings is 3. The lowest BCUT2D eigenvalue weighted by molar-refractivity contribution is 0.0977. The van der Waals surface area contributed by atoms with Crippen LogP contribution in [0.4, 0.5) is 5.69 Å². The van der Waals surface area contributed by atoms with Crippen molar-refractivity contribution in [2.75, 3.05) is 5.32 Å². The summed E-state index contributed by atoms with van der Waals surface area (Å²) in [5.41, 5.74) is 5.07. The number of thiazole rings is 1. The van der Waals surface area contributed by atoms with E-state index < -0.39 is 0 Å². The minimum absolute atomic E-state index is 0.184. The number of fused-ring (bicyclic) bond motifs is 1. The average Bonchev–Trinajstić information content (AvgIpc) is 3.13. The Morgan fingerprint density at radius 3 is 2.63 bits per heavy atom. The largest absolute Gasteiger partial charge is 0.331 e. The molecule has 4 nitrogen and oxygen atoms in total. The van der Waals surface area contributed by atoms with Crippen molar-refractivity contribution in [2.24, 2.45) is 0 Å². The molecule has 0 saturated heterocycles. The molecule has 3 aromatic carbocycles. The van der Waals surface area contributed by atoms with Crippen LogP contribution in [0.2, 0.25) is 5.02 Å². The quantitative estimate of drug-likeness (QED) is 0.356. The highest BCUT2D eigenvalue weighted by molar-refractivity contribution is 7.80. The van der Waals surface area contributed by atoms with Crippen molar-refractivity contribution in [3.05, 3.63) is 82.4 Å². The Hall–Kier alpha value is -2.80. The van der Waals surface area contributed by atoms with Gasteiger partial charge >= 0.3 is 0 Å².